The van der Waals surface area contributed by atoms with Gasteiger partial charge in [0, 0.05) is 21.5 Å². The molecule has 0 atom stereocenters. The molecule has 0 aliphatic rings. The van der Waals surface area contributed by atoms with E-state index >= 15 is 0 Å². The van der Waals surface area contributed by atoms with E-state index in [0.717, 1.165) is 65.7 Å². The molecule has 0 fully saturated rings. The molecular formula is C32H21BO3. The van der Waals surface area contributed by atoms with Crippen LogP contribution in [-0.2, 0) is 0 Å². The summed E-state index contributed by atoms with van der Waals surface area (Å²) in [7, 11) is -0.363. The predicted octanol–water partition coefficient (Wildman–Crippen LogP) is 7.86. The minimum Gasteiger partial charge on any atom is -0.538 e. The van der Waals surface area contributed by atoms with Crippen LogP contribution in [0.2, 0.25) is 0 Å². The van der Waals surface area contributed by atoms with Crippen LogP contribution in [0.4, 0.5) is 0 Å². The van der Waals surface area contributed by atoms with Gasteiger partial charge in [-0.15, -0.1) is 0 Å². The van der Waals surface area contributed by atoms with Crippen molar-refractivity contribution in [3.8, 4) is 28.0 Å². The van der Waals surface area contributed by atoms with Gasteiger partial charge in [-0.3, -0.25) is 0 Å². The van der Waals surface area contributed by atoms with Crippen LogP contribution in [0.1, 0.15) is 0 Å². The highest BCUT2D eigenvalue weighted by Gasteiger charge is 2.16. The van der Waals surface area contributed by atoms with E-state index in [2.05, 4.69) is 72.8 Å². The van der Waals surface area contributed by atoms with E-state index in [1.54, 1.807) is 0 Å². The van der Waals surface area contributed by atoms with Gasteiger partial charge >= 0.3 is 7.69 Å². The fraction of sp³-hybridized carbons (Fsp3) is 0. The van der Waals surface area contributed by atoms with Crippen molar-refractivity contribution in [1.29, 1.82) is 0 Å². The number of rotatable bonds is 4. The summed E-state index contributed by atoms with van der Waals surface area (Å²) in [4.78, 5) is 0. The van der Waals surface area contributed by atoms with Crippen LogP contribution in [-0.4, -0.2) is 12.7 Å². The number of fused-ring (bicyclic) bond motifs is 5. The van der Waals surface area contributed by atoms with Crippen molar-refractivity contribution < 1.29 is 14.1 Å². The minimum absolute atomic E-state index is 0.363. The van der Waals surface area contributed by atoms with Gasteiger partial charge in [-0.1, -0.05) is 97.1 Å². The van der Waals surface area contributed by atoms with Gasteiger partial charge in [-0.25, -0.2) is 0 Å². The molecule has 0 unspecified atom stereocenters. The number of benzene rings is 6. The molecule has 0 saturated heterocycles. The third kappa shape index (κ3) is 3.19. The van der Waals surface area contributed by atoms with E-state index in [1.165, 1.54) is 0 Å². The Morgan fingerprint density at radius 2 is 1.03 bits per heavy atom. The lowest BCUT2D eigenvalue weighted by Crippen LogP contribution is -2.01. The molecule has 0 saturated carbocycles. The average Bonchev–Trinajstić information content (AvgIpc) is 3.31. The Hall–Kier alpha value is -4.54. The largest absolute Gasteiger partial charge is 0.538 e. The maximum atomic E-state index is 9.55. The molecule has 4 heteroatoms. The molecule has 0 amide bonds. The number of para-hydroxylation sites is 1. The van der Waals surface area contributed by atoms with E-state index in [-0.39, 0.29) is 7.69 Å². The summed E-state index contributed by atoms with van der Waals surface area (Å²) in [6.45, 7) is 0. The number of hydrogen-bond donors (Lipinski definition) is 1. The smallest absolute Gasteiger partial charge is 0.504 e. The van der Waals surface area contributed by atoms with Crippen LogP contribution >= 0.6 is 0 Å². The summed E-state index contributed by atoms with van der Waals surface area (Å²) in [5, 5.41) is 16.0. The topological polar surface area (TPSA) is 42.6 Å². The Bertz CT molecular complexity index is 1840. The van der Waals surface area contributed by atoms with Crippen LogP contribution in [0.5, 0.6) is 5.75 Å². The molecule has 0 aliphatic heterocycles. The van der Waals surface area contributed by atoms with Gasteiger partial charge in [0.15, 0.2) is 0 Å². The zero-order chi connectivity index (χ0) is 24.1. The third-order valence-electron chi connectivity index (χ3n) is 6.97. The molecule has 0 bridgehead atoms. The zero-order valence-electron chi connectivity index (χ0n) is 19.4. The first kappa shape index (κ1) is 20.8. The van der Waals surface area contributed by atoms with Gasteiger partial charge in [-0.2, -0.15) is 0 Å². The summed E-state index contributed by atoms with van der Waals surface area (Å²) in [6.07, 6.45) is 0. The lowest BCUT2D eigenvalue weighted by Gasteiger charge is -2.17. The summed E-state index contributed by atoms with van der Waals surface area (Å²) in [6, 6.07) is 39.7. The van der Waals surface area contributed by atoms with Crippen LogP contribution in [0, 0.1) is 0 Å². The van der Waals surface area contributed by atoms with E-state index < -0.39 is 0 Å². The van der Waals surface area contributed by atoms with Crippen molar-refractivity contribution in [2.75, 3.05) is 0 Å². The summed E-state index contributed by atoms with van der Waals surface area (Å²) in [5.74, 6) is 0.713. The summed E-state index contributed by atoms with van der Waals surface area (Å²) < 4.78 is 11.7. The number of hydrogen-bond acceptors (Lipinski definition) is 3. The first-order valence-electron chi connectivity index (χ1n) is 12.0. The second-order valence-electron chi connectivity index (χ2n) is 8.96. The molecular weight excluding hydrogens is 443 g/mol. The van der Waals surface area contributed by atoms with Crippen molar-refractivity contribution in [2.45, 2.75) is 0 Å². The maximum Gasteiger partial charge on any atom is 0.504 e. The summed E-state index contributed by atoms with van der Waals surface area (Å²) >= 11 is 0. The quantitative estimate of drug-likeness (QED) is 0.213. The summed E-state index contributed by atoms with van der Waals surface area (Å²) in [5.41, 5.74) is 6.42. The molecule has 1 N–H and O–H groups in total. The fourth-order valence-electron chi connectivity index (χ4n) is 5.35. The highest BCUT2D eigenvalue weighted by molar-refractivity contribution is 6.22. The molecule has 1 aromatic heterocycles. The standard InChI is InChI=1S/C32H21BO3/c34-33-36-32-26-10-3-1-8-24(26)31(25-9-2-4-11-27(25)32)21-15-13-20(14-16-21)22-17-18-30-28(19-22)23-7-5-6-12-29(23)35-30/h1-19,33-34H. The second kappa shape index (κ2) is 8.30. The highest BCUT2D eigenvalue weighted by Crippen LogP contribution is 2.43. The second-order valence-corrected chi connectivity index (χ2v) is 8.96. The lowest BCUT2D eigenvalue weighted by atomic mass is 9.90. The third-order valence-corrected chi connectivity index (χ3v) is 6.97. The van der Waals surface area contributed by atoms with E-state index in [4.69, 9.17) is 9.07 Å². The minimum atomic E-state index is -0.363. The predicted molar refractivity (Wildman–Crippen MR) is 150 cm³/mol. The SMILES string of the molecule is OBOc1c2ccccc2c(-c2ccc(-c3ccc4oc5ccccc5c4c3)cc2)c2ccccc12. The normalized spacial score (nSPS) is 11.5. The molecule has 36 heavy (non-hydrogen) atoms. The first-order valence-corrected chi connectivity index (χ1v) is 12.0. The monoisotopic (exact) mass is 464 g/mol. The van der Waals surface area contributed by atoms with Crippen LogP contribution in [0.3, 0.4) is 0 Å². The van der Waals surface area contributed by atoms with Gasteiger partial charge in [0.1, 0.15) is 16.9 Å². The van der Waals surface area contributed by atoms with Crippen molar-refractivity contribution in [1.82, 2.24) is 0 Å². The average molecular weight is 464 g/mol. The fourth-order valence-corrected chi connectivity index (χ4v) is 5.35. The van der Waals surface area contributed by atoms with Crippen molar-refractivity contribution in [2.24, 2.45) is 0 Å². The van der Waals surface area contributed by atoms with Gasteiger partial charge in [0.25, 0.3) is 0 Å². The van der Waals surface area contributed by atoms with Crippen molar-refractivity contribution >= 4 is 51.2 Å². The van der Waals surface area contributed by atoms with Gasteiger partial charge in [-0.05, 0) is 51.2 Å². The van der Waals surface area contributed by atoms with Crippen molar-refractivity contribution in [3.05, 3.63) is 115 Å². The molecule has 0 aliphatic carbocycles. The van der Waals surface area contributed by atoms with E-state index in [0.29, 0.717) is 5.75 Å². The highest BCUT2D eigenvalue weighted by atomic mass is 16.5. The Kier molecular flexibility index (Phi) is 4.79. The maximum absolute atomic E-state index is 9.55. The van der Waals surface area contributed by atoms with Crippen LogP contribution < -0.4 is 4.65 Å². The molecule has 0 spiro atoms. The first-order chi connectivity index (χ1) is 17.8. The molecule has 0 radical (unpaired) electrons. The zero-order valence-corrected chi connectivity index (χ0v) is 19.4. The Balaban J connectivity index is 1.39. The number of furan rings is 1. The van der Waals surface area contributed by atoms with Gasteiger partial charge in [0.2, 0.25) is 0 Å². The molecule has 1 heterocycles. The molecule has 6 aromatic carbocycles. The van der Waals surface area contributed by atoms with Crippen molar-refractivity contribution in [3.63, 3.8) is 0 Å². The molecule has 3 nitrogen and oxygen atoms in total. The van der Waals surface area contributed by atoms with E-state index in [9.17, 15) is 5.02 Å². The lowest BCUT2D eigenvalue weighted by molar-refractivity contribution is 0.459. The molecule has 7 rings (SSSR count). The Labute approximate surface area is 208 Å². The molecule has 170 valence electrons. The Morgan fingerprint density at radius 1 is 0.500 bits per heavy atom. The Morgan fingerprint density at radius 3 is 1.69 bits per heavy atom. The van der Waals surface area contributed by atoms with Crippen LogP contribution in [0.15, 0.2) is 120 Å². The van der Waals surface area contributed by atoms with E-state index in [1.807, 2.05) is 42.5 Å². The van der Waals surface area contributed by atoms with Gasteiger partial charge in [0.05, 0.1) is 0 Å². The van der Waals surface area contributed by atoms with Gasteiger partial charge < -0.3 is 14.1 Å². The molecule has 7 aromatic rings. The van der Waals surface area contributed by atoms with Crippen LogP contribution in [0.25, 0.3) is 65.7 Å².